The average molecular weight is 230 g/mol. The quantitative estimate of drug-likeness (QED) is 0.817. The van der Waals surface area contributed by atoms with Crippen molar-refractivity contribution in [2.75, 3.05) is 0 Å². The lowest BCUT2D eigenvalue weighted by atomic mass is 9.99. The number of phenolic OH excluding ortho intramolecular Hbond substituents is 1. The molecular formula is C14H18N2O. The second-order valence-corrected chi connectivity index (χ2v) is 4.64. The number of aromatic hydroxyl groups is 1. The van der Waals surface area contributed by atoms with Crippen molar-refractivity contribution in [2.45, 2.75) is 27.7 Å². The molecule has 2 rings (SSSR count). The third-order valence-electron chi connectivity index (χ3n) is 3.43. The summed E-state index contributed by atoms with van der Waals surface area (Å²) < 4.78 is 1.88. The molecule has 0 bridgehead atoms. The summed E-state index contributed by atoms with van der Waals surface area (Å²) in [6.45, 7) is 8.07. The molecule has 0 fully saturated rings. The molecule has 3 nitrogen and oxygen atoms in total. The molecule has 0 aliphatic heterocycles. The van der Waals surface area contributed by atoms with Crippen LogP contribution in [0.15, 0.2) is 12.1 Å². The van der Waals surface area contributed by atoms with Crippen LogP contribution < -0.4 is 0 Å². The van der Waals surface area contributed by atoms with Crippen molar-refractivity contribution < 1.29 is 5.11 Å². The van der Waals surface area contributed by atoms with Gasteiger partial charge in [0.25, 0.3) is 0 Å². The zero-order valence-corrected chi connectivity index (χ0v) is 11.0. The Hall–Kier alpha value is -1.77. The molecule has 1 heterocycles. The van der Waals surface area contributed by atoms with Gasteiger partial charge < -0.3 is 5.11 Å². The van der Waals surface area contributed by atoms with Crippen molar-refractivity contribution in [3.05, 3.63) is 34.5 Å². The van der Waals surface area contributed by atoms with E-state index in [0.29, 0.717) is 5.75 Å². The summed E-state index contributed by atoms with van der Waals surface area (Å²) in [6.07, 6.45) is 0. The lowest BCUT2D eigenvalue weighted by Gasteiger charge is -2.07. The molecule has 17 heavy (non-hydrogen) atoms. The molecule has 3 heteroatoms. The van der Waals surface area contributed by atoms with Crippen LogP contribution in [0.2, 0.25) is 0 Å². The molecule has 0 atom stereocenters. The number of hydrogen-bond donors (Lipinski definition) is 1. The van der Waals surface area contributed by atoms with Gasteiger partial charge in [-0.05, 0) is 50.5 Å². The first-order valence-electron chi connectivity index (χ1n) is 5.72. The first-order chi connectivity index (χ1) is 7.91. The highest BCUT2D eigenvalue weighted by molar-refractivity contribution is 5.69. The zero-order valence-electron chi connectivity index (χ0n) is 11.0. The fraction of sp³-hybridized carbons (Fsp3) is 0.357. The molecule has 0 saturated carbocycles. The first-order valence-corrected chi connectivity index (χ1v) is 5.72. The Morgan fingerprint density at radius 3 is 2.24 bits per heavy atom. The van der Waals surface area contributed by atoms with Crippen LogP contribution in [0.1, 0.15) is 22.4 Å². The molecular weight excluding hydrogens is 212 g/mol. The average Bonchev–Trinajstić information content (AvgIpc) is 2.51. The van der Waals surface area contributed by atoms with Gasteiger partial charge in [-0.2, -0.15) is 5.10 Å². The highest BCUT2D eigenvalue weighted by Crippen LogP contribution is 2.31. The summed E-state index contributed by atoms with van der Waals surface area (Å²) in [4.78, 5) is 0. The van der Waals surface area contributed by atoms with Gasteiger partial charge in [0.1, 0.15) is 5.75 Å². The summed E-state index contributed by atoms with van der Waals surface area (Å²) in [5, 5.41) is 14.3. The minimum Gasteiger partial charge on any atom is -0.508 e. The van der Waals surface area contributed by atoms with Gasteiger partial charge in [-0.1, -0.05) is 6.07 Å². The van der Waals surface area contributed by atoms with Gasteiger partial charge in [-0.15, -0.1) is 0 Å². The number of aromatic nitrogens is 2. The van der Waals surface area contributed by atoms with Crippen molar-refractivity contribution in [1.82, 2.24) is 9.78 Å². The van der Waals surface area contributed by atoms with Crippen LogP contribution in [0, 0.1) is 27.7 Å². The Morgan fingerprint density at radius 2 is 1.71 bits per heavy atom. The van der Waals surface area contributed by atoms with Crippen molar-refractivity contribution >= 4 is 0 Å². The van der Waals surface area contributed by atoms with E-state index >= 15 is 0 Å². The fourth-order valence-electron chi connectivity index (χ4n) is 2.07. The lowest BCUT2D eigenvalue weighted by Crippen LogP contribution is -1.93. The van der Waals surface area contributed by atoms with Crippen LogP contribution in [0.5, 0.6) is 5.75 Å². The fourth-order valence-corrected chi connectivity index (χ4v) is 2.07. The Kier molecular flexibility index (Phi) is 2.69. The van der Waals surface area contributed by atoms with E-state index in [1.54, 1.807) is 6.07 Å². The topological polar surface area (TPSA) is 38.0 Å². The van der Waals surface area contributed by atoms with Crippen LogP contribution >= 0.6 is 0 Å². The maximum atomic E-state index is 9.82. The van der Waals surface area contributed by atoms with Gasteiger partial charge in [0, 0.05) is 18.3 Å². The maximum absolute atomic E-state index is 9.82. The molecule has 1 aromatic carbocycles. The van der Waals surface area contributed by atoms with Gasteiger partial charge in [0.15, 0.2) is 0 Å². The van der Waals surface area contributed by atoms with E-state index in [2.05, 4.69) is 18.9 Å². The predicted molar refractivity (Wildman–Crippen MR) is 69.3 cm³/mol. The Labute approximate surface area is 102 Å². The first kappa shape index (κ1) is 11.7. The maximum Gasteiger partial charge on any atom is 0.119 e. The van der Waals surface area contributed by atoms with Crippen LogP contribution in [-0.2, 0) is 7.05 Å². The second-order valence-electron chi connectivity index (χ2n) is 4.64. The van der Waals surface area contributed by atoms with Crippen LogP contribution in [0.3, 0.4) is 0 Å². The SMILES string of the molecule is Cc1cc(C)c(-c2nn(C)c(C)c2C)cc1O. The van der Waals surface area contributed by atoms with Gasteiger partial charge >= 0.3 is 0 Å². The highest BCUT2D eigenvalue weighted by atomic mass is 16.3. The largest absolute Gasteiger partial charge is 0.508 e. The molecule has 0 aliphatic carbocycles. The van der Waals surface area contributed by atoms with Crippen molar-refractivity contribution in [3.8, 4) is 17.0 Å². The third-order valence-corrected chi connectivity index (χ3v) is 3.43. The molecule has 90 valence electrons. The minimum absolute atomic E-state index is 0.327. The molecule has 1 aromatic heterocycles. The standard InChI is InChI=1S/C14H18N2O/c1-8-6-9(2)13(17)7-12(8)14-10(3)11(4)16(5)15-14/h6-7,17H,1-5H3. The van der Waals surface area contributed by atoms with Gasteiger partial charge in [-0.25, -0.2) is 0 Å². The highest BCUT2D eigenvalue weighted by Gasteiger charge is 2.14. The number of phenols is 1. The van der Waals surface area contributed by atoms with Crippen molar-refractivity contribution in [3.63, 3.8) is 0 Å². The van der Waals surface area contributed by atoms with E-state index in [4.69, 9.17) is 0 Å². The number of benzene rings is 1. The number of aryl methyl sites for hydroxylation is 3. The van der Waals surface area contributed by atoms with Gasteiger partial charge in [-0.3, -0.25) is 4.68 Å². The van der Waals surface area contributed by atoms with E-state index in [1.807, 2.05) is 31.6 Å². The van der Waals surface area contributed by atoms with E-state index in [0.717, 1.165) is 28.1 Å². The summed E-state index contributed by atoms with van der Waals surface area (Å²) >= 11 is 0. The summed E-state index contributed by atoms with van der Waals surface area (Å²) in [6, 6.07) is 3.80. The Morgan fingerprint density at radius 1 is 1.06 bits per heavy atom. The number of rotatable bonds is 1. The summed E-state index contributed by atoms with van der Waals surface area (Å²) in [5.74, 6) is 0.327. The van der Waals surface area contributed by atoms with Gasteiger partial charge in [0.2, 0.25) is 0 Å². The normalized spacial score (nSPS) is 10.9. The molecule has 0 radical (unpaired) electrons. The second kappa shape index (κ2) is 3.91. The van der Waals surface area contributed by atoms with Crippen LogP contribution in [0.4, 0.5) is 0 Å². The van der Waals surface area contributed by atoms with E-state index in [1.165, 1.54) is 5.56 Å². The molecule has 0 unspecified atom stereocenters. The van der Waals surface area contributed by atoms with Crippen LogP contribution in [-0.4, -0.2) is 14.9 Å². The summed E-state index contributed by atoms with van der Waals surface area (Å²) in [5.41, 5.74) is 6.32. The van der Waals surface area contributed by atoms with E-state index in [-0.39, 0.29) is 0 Å². The molecule has 0 spiro atoms. The van der Waals surface area contributed by atoms with Crippen molar-refractivity contribution in [1.29, 1.82) is 0 Å². The predicted octanol–water partition coefficient (Wildman–Crippen LogP) is 3.03. The Balaban J connectivity index is 2.68. The Bertz CT molecular complexity index is 582. The lowest BCUT2D eigenvalue weighted by molar-refractivity contribution is 0.471. The number of hydrogen-bond acceptors (Lipinski definition) is 2. The third kappa shape index (κ3) is 1.82. The smallest absolute Gasteiger partial charge is 0.119 e. The molecule has 2 aromatic rings. The molecule has 0 saturated heterocycles. The monoisotopic (exact) mass is 230 g/mol. The molecule has 1 N–H and O–H groups in total. The van der Waals surface area contributed by atoms with Gasteiger partial charge in [0.05, 0.1) is 5.69 Å². The number of nitrogens with zero attached hydrogens (tertiary/aromatic N) is 2. The van der Waals surface area contributed by atoms with E-state index in [9.17, 15) is 5.11 Å². The van der Waals surface area contributed by atoms with Crippen molar-refractivity contribution in [2.24, 2.45) is 7.05 Å². The summed E-state index contributed by atoms with van der Waals surface area (Å²) in [7, 11) is 1.94. The minimum atomic E-state index is 0.327. The van der Waals surface area contributed by atoms with Crippen LogP contribution in [0.25, 0.3) is 11.3 Å². The van der Waals surface area contributed by atoms with E-state index < -0.39 is 0 Å². The zero-order chi connectivity index (χ0) is 12.7. The molecule has 0 amide bonds. The molecule has 0 aliphatic rings.